The Balaban J connectivity index is 1.76. The zero-order valence-corrected chi connectivity index (χ0v) is 11.4. The SMILES string of the molecule is CCn1ncnc1CN1CC2CNCCN2C(=O)C1=O. The summed E-state index contributed by atoms with van der Waals surface area (Å²) in [5.74, 6) is -0.120. The van der Waals surface area contributed by atoms with Gasteiger partial charge in [0.1, 0.15) is 12.2 Å². The van der Waals surface area contributed by atoms with Crippen LogP contribution in [0.1, 0.15) is 12.7 Å². The fourth-order valence-electron chi connectivity index (χ4n) is 2.77. The highest BCUT2D eigenvalue weighted by molar-refractivity contribution is 6.35. The van der Waals surface area contributed by atoms with Crippen LogP contribution in [0.2, 0.25) is 0 Å². The number of rotatable bonds is 3. The maximum Gasteiger partial charge on any atom is 0.312 e. The number of aryl methyl sites for hydroxylation is 1. The molecule has 20 heavy (non-hydrogen) atoms. The van der Waals surface area contributed by atoms with E-state index in [9.17, 15) is 9.59 Å². The van der Waals surface area contributed by atoms with Gasteiger partial charge in [-0.15, -0.1) is 0 Å². The van der Waals surface area contributed by atoms with Crippen molar-refractivity contribution in [1.82, 2.24) is 29.9 Å². The third kappa shape index (κ3) is 2.15. The van der Waals surface area contributed by atoms with E-state index in [1.54, 1.807) is 14.5 Å². The van der Waals surface area contributed by atoms with Crippen molar-refractivity contribution < 1.29 is 9.59 Å². The lowest BCUT2D eigenvalue weighted by Crippen LogP contribution is -2.65. The molecule has 1 N–H and O–H groups in total. The van der Waals surface area contributed by atoms with E-state index in [4.69, 9.17) is 0 Å². The zero-order valence-electron chi connectivity index (χ0n) is 11.4. The van der Waals surface area contributed by atoms with Crippen molar-refractivity contribution in [3.05, 3.63) is 12.2 Å². The Labute approximate surface area is 116 Å². The highest BCUT2D eigenvalue weighted by atomic mass is 16.2. The first-order valence-corrected chi connectivity index (χ1v) is 6.88. The summed E-state index contributed by atoms with van der Waals surface area (Å²) in [6, 6.07) is 0.0620. The second-order valence-corrected chi connectivity index (χ2v) is 5.03. The highest BCUT2D eigenvalue weighted by Crippen LogP contribution is 2.15. The fourth-order valence-corrected chi connectivity index (χ4v) is 2.77. The molecule has 8 nitrogen and oxygen atoms in total. The predicted molar refractivity (Wildman–Crippen MR) is 69.5 cm³/mol. The van der Waals surface area contributed by atoms with Gasteiger partial charge in [0, 0.05) is 32.7 Å². The first-order valence-electron chi connectivity index (χ1n) is 6.88. The molecular weight excluding hydrogens is 260 g/mol. The van der Waals surface area contributed by atoms with Gasteiger partial charge in [0.25, 0.3) is 0 Å². The molecule has 108 valence electrons. The number of hydrogen-bond donors (Lipinski definition) is 1. The number of nitrogens with one attached hydrogen (secondary N) is 1. The Morgan fingerprint density at radius 2 is 2.25 bits per heavy atom. The maximum absolute atomic E-state index is 12.2. The summed E-state index contributed by atoms with van der Waals surface area (Å²) in [6.07, 6.45) is 1.48. The Morgan fingerprint density at radius 1 is 1.40 bits per heavy atom. The van der Waals surface area contributed by atoms with Crippen LogP contribution in [-0.2, 0) is 22.7 Å². The molecule has 2 aliphatic heterocycles. The Hall–Kier alpha value is -1.96. The standard InChI is InChI=1S/C12H18N6O2/c1-2-18-10(14-8-15-18)7-16-6-9-5-13-3-4-17(9)12(20)11(16)19/h8-9,13H,2-7H2,1H3. The monoisotopic (exact) mass is 278 g/mol. The van der Waals surface area contributed by atoms with Gasteiger partial charge in [-0.25, -0.2) is 9.67 Å². The number of amides is 2. The summed E-state index contributed by atoms with van der Waals surface area (Å²) in [6.45, 7) is 5.64. The molecule has 0 spiro atoms. The normalized spacial score (nSPS) is 23.1. The zero-order chi connectivity index (χ0) is 14.1. The minimum atomic E-state index is -0.436. The molecule has 3 heterocycles. The first kappa shape index (κ1) is 13.0. The van der Waals surface area contributed by atoms with Crippen LogP contribution in [0.15, 0.2) is 6.33 Å². The summed E-state index contributed by atoms with van der Waals surface area (Å²) in [7, 11) is 0. The number of carbonyl (C=O) groups is 2. The quantitative estimate of drug-likeness (QED) is 0.676. The Bertz CT molecular complexity index is 528. The largest absolute Gasteiger partial charge is 0.327 e. The van der Waals surface area contributed by atoms with Gasteiger partial charge in [-0.05, 0) is 6.92 Å². The molecule has 8 heteroatoms. The van der Waals surface area contributed by atoms with E-state index in [1.807, 2.05) is 6.92 Å². The molecule has 1 unspecified atom stereocenters. The van der Waals surface area contributed by atoms with Crippen molar-refractivity contribution in [2.45, 2.75) is 26.1 Å². The minimum Gasteiger partial charge on any atom is -0.327 e. The van der Waals surface area contributed by atoms with Gasteiger partial charge in [-0.3, -0.25) is 9.59 Å². The molecule has 2 aliphatic rings. The lowest BCUT2D eigenvalue weighted by Gasteiger charge is -2.43. The van der Waals surface area contributed by atoms with E-state index in [0.717, 1.165) is 13.1 Å². The van der Waals surface area contributed by atoms with Crippen LogP contribution >= 0.6 is 0 Å². The molecule has 1 aromatic rings. The van der Waals surface area contributed by atoms with Crippen molar-refractivity contribution in [2.75, 3.05) is 26.2 Å². The number of hydrogen-bond acceptors (Lipinski definition) is 5. The van der Waals surface area contributed by atoms with Crippen molar-refractivity contribution in [3.63, 3.8) is 0 Å². The maximum atomic E-state index is 12.2. The molecule has 1 atom stereocenters. The first-order chi connectivity index (χ1) is 9.70. The molecule has 0 saturated carbocycles. The lowest BCUT2D eigenvalue weighted by atomic mass is 10.1. The van der Waals surface area contributed by atoms with Crippen LogP contribution in [0.25, 0.3) is 0 Å². The van der Waals surface area contributed by atoms with Gasteiger partial charge in [-0.1, -0.05) is 0 Å². The number of fused-ring (bicyclic) bond motifs is 1. The molecule has 2 fully saturated rings. The molecule has 2 amide bonds. The Morgan fingerprint density at radius 3 is 3.05 bits per heavy atom. The number of piperazine rings is 2. The van der Waals surface area contributed by atoms with Crippen molar-refractivity contribution >= 4 is 11.8 Å². The van der Waals surface area contributed by atoms with E-state index < -0.39 is 11.8 Å². The molecule has 2 saturated heterocycles. The topological polar surface area (TPSA) is 83.4 Å². The van der Waals surface area contributed by atoms with E-state index in [0.29, 0.717) is 32.0 Å². The van der Waals surface area contributed by atoms with E-state index in [-0.39, 0.29) is 6.04 Å². The van der Waals surface area contributed by atoms with E-state index in [1.165, 1.54) is 6.33 Å². The second kappa shape index (κ2) is 5.20. The number of aromatic nitrogens is 3. The van der Waals surface area contributed by atoms with Crippen molar-refractivity contribution in [1.29, 1.82) is 0 Å². The van der Waals surface area contributed by atoms with Crippen LogP contribution in [0.3, 0.4) is 0 Å². The number of carbonyl (C=O) groups excluding carboxylic acids is 2. The molecular formula is C12H18N6O2. The van der Waals surface area contributed by atoms with Gasteiger partial charge in [0.2, 0.25) is 0 Å². The summed E-state index contributed by atoms with van der Waals surface area (Å²) in [4.78, 5) is 31.7. The summed E-state index contributed by atoms with van der Waals surface area (Å²) in [5, 5.41) is 7.34. The minimum absolute atomic E-state index is 0.0620. The number of nitrogens with zero attached hydrogens (tertiary/aromatic N) is 5. The molecule has 3 rings (SSSR count). The molecule has 0 radical (unpaired) electrons. The molecule has 1 aromatic heterocycles. The van der Waals surface area contributed by atoms with E-state index >= 15 is 0 Å². The molecule has 0 aliphatic carbocycles. The van der Waals surface area contributed by atoms with Crippen LogP contribution in [0.5, 0.6) is 0 Å². The fraction of sp³-hybridized carbons (Fsp3) is 0.667. The smallest absolute Gasteiger partial charge is 0.312 e. The average Bonchev–Trinajstić information content (AvgIpc) is 2.92. The summed E-state index contributed by atoms with van der Waals surface area (Å²) in [5.41, 5.74) is 0. The van der Waals surface area contributed by atoms with Gasteiger partial charge < -0.3 is 15.1 Å². The van der Waals surface area contributed by atoms with Gasteiger partial charge in [-0.2, -0.15) is 5.10 Å². The van der Waals surface area contributed by atoms with Crippen molar-refractivity contribution in [2.24, 2.45) is 0 Å². The van der Waals surface area contributed by atoms with Crippen molar-refractivity contribution in [3.8, 4) is 0 Å². The van der Waals surface area contributed by atoms with Gasteiger partial charge in [0.05, 0.1) is 12.6 Å². The highest BCUT2D eigenvalue weighted by Gasteiger charge is 2.40. The van der Waals surface area contributed by atoms with Crippen LogP contribution < -0.4 is 5.32 Å². The van der Waals surface area contributed by atoms with Crippen LogP contribution in [-0.4, -0.2) is 68.6 Å². The van der Waals surface area contributed by atoms with Crippen LogP contribution in [0.4, 0.5) is 0 Å². The Kier molecular flexibility index (Phi) is 3.39. The van der Waals surface area contributed by atoms with Gasteiger partial charge in [0.15, 0.2) is 0 Å². The van der Waals surface area contributed by atoms with Gasteiger partial charge >= 0.3 is 11.8 Å². The van der Waals surface area contributed by atoms with E-state index in [2.05, 4.69) is 15.4 Å². The predicted octanol–water partition coefficient (Wildman–Crippen LogP) is -1.56. The lowest BCUT2D eigenvalue weighted by molar-refractivity contribution is -0.160. The third-order valence-electron chi connectivity index (χ3n) is 3.84. The average molecular weight is 278 g/mol. The second-order valence-electron chi connectivity index (χ2n) is 5.03. The molecule has 0 bridgehead atoms. The van der Waals surface area contributed by atoms with Crippen LogP contribution in [0, 0.1) is 0 Å². The summed E-state index contributed by atoms with van der Waals surface area (Å²) >= 11 is 0. The molecule has 0 aromatic carbocycles. The summed E-state index contributed by atoms with van der Waals surface area (Å²) < 4.78 is 1.74. The third-order valence-corrected chi connectivity index (χ3v) is 3.84.